The molecule has 3 rings (SSSR count). The molecule has 6 nitrogen and oxygen atoms in total. The first-order valence-corrected chi connectivity index (χ1v) is 9.72. The summed E-state index contributed by atoms with van der Waals surface area (Å²) in [5.41, 5.74) is 8.12. The highest BCUT2D eigenvalue weighted by molar-refractivity contribution is 8.11. The number of pyridine rings is 1. The van der Waals surface area contributed by atoms with Crippen LogP contribution in [0, 0.1) is 0 Å². The third kappa shape index (κ3) is 4.09. The fourth-order valence-electron chi connectivity index (χ4n) is 3.01. The number of carbonyl (C=O) groups is 1. The van der Waals surface area contributed by atoms with Gasteiger partial charge in [-0.1, -0.05) is 24.4 Å². The molecule has 26 heavy (non-hydrogen) atoms. The van der Waals surface area contributed by atoms with E-state index in [-0.39, 0.29) is 5.91 Å². The zero-order valence-electron chi connectivity index (χ0n) is 15.4. The number of nitrogens with zero attached hydrogens (tertiary/aromatic N) is 4. The number of amides is 1. The van der Waals surface area contributed by atoms with Crippen LogP contribution in [-0.4, -0.2) is 38.5 Å². The Morgan fingerprint density at radius 2 is 2.12 bits per heavy atom. The molecular weight excluding hydrogens is 346 g/mol. The molecule has 0 bridgehead atoms. The fraction of sp³-hybridized carbons (Fsp3) is 0.421. The first-order chi connectivity index (χ1) is 12.5. The number of likely N-dealkylation sites (tertiary alicyclic amines) is 1. The van der Waals surface area contributed by atoms with Gasteiger partial charge in [0.05, 0.1) is 17.0 Å². The molecule has 0 atom stereocenters. The van der Waals surface area contributed by atoms with Gasteiger partial charge in [-0.05, 0) is 49.6 Å². The molecule has 2 aromatic heterocycles. The number of thioether (sulfide) groups is 1. The van der Waals surface area contributed by atoms with E-state index in [9.17, 15) is 4.79 Å². The highest BCUT2D eigenvalue weighted by atomic mass is 32.2. The summed E-state index contributed by atoms with van der Waals surface area (Å²) in [6.45, 7) is 9.76. The molecule has 0 radical (unpaired) electrons. The van der Waals surface area contributed by atoms with Gasteiger partial charge in [0.1, 0.15) is 0 Å². The van der Waals surface area contributed by atoms with Crippen LogP contribution in [0.15, 0.2) is 29.8 Å². The molecule has 0 aliphatic carbocycles. The molecular formula is C19H25N5OS. The Kier molecular flexibility index (Phi) is 5.66. The lowest BCUT2D eigenvalue weighted by atomic mass is 10.1. The van der Waals surface area contributed by atoms with Gasteiger partial charge in [-0.2, -0.15) is 0 Å². The summed E-state index contributed by atoms with van der Waals surface area (Å²) in [6.07, 6.45) is 7.58. The minimum atomic E-state index is 0.146. The average molecular weight is 372 g/mol. The third-order valence-electron chi connectivity index (χ3n) is 4.52. The van der Waals surface area contributed by atoms with Crippen LogP contribution in [0.25, 0.3) is 10.6 Å². The number of hydrogen-bond acceptors (Lipinski definition) is 5. The van der Waals surface area contributed by atoms with Gasteiger partial charge in [-0.3, -0.25) is 4.79 Å². The van der Waals surface area contributed by atoms with Crippen LogP contribution in [0.2, 0.25) is 0 Å². The SMILES string of the molecule is C=C(S/C(C)=C\C)c1nc2c(N)cc(CC(=O)N3CCCCC3)cn2n1. The summed E-state index contributed by atoms with van der Waals surface area (Å²) >= 11 is 1.53. The maximum atomic E-state index is 12.5. The predicted molar refractivity (Wildman–Crippen MR) is 108 cm³/mol. The van der Waals surface area contributed by atoms with Crippen molar-refractivity contribution in [3.63, 3.8) is 0 Å². The molecule has 0 unspecified atom stereocenters. The Morgan fingerprint density at radius 1 is 1.38 bits per heavy atom. The van der Waals surface area contributed by atoms with Crippen molar-refractivity contribution in [3.05, 3.63) is 41.2 Å². The number of nitrogens with two attached hydrogens (primary N) is 1. The van der Waals surface area contributed by atoms with Crippen molar-refractivity contribution >= 4 is 33.9 Å². The van der Waals surface area contributed by atoms with Crippen LogP contribution in [0.1, 0.15) is 44.5 Å². The Labute approximate surface area is 158 Å². The Bertz CT molecular complexity index is 864. The van der Waals surface area contributed by atoms with Crippen molar-refractivity contribution in [3.8, 4) is 0 Å². The molecule has 1 aliphatic rings. The number of rotatable bonds is 5. The van der Waals surface area contributed by atoms with E-state index in [2.05, 4.69) is 16.7 Å². The number of fused-ring (bicyclic) bond motifs is 1. The van der Waals surface area contributed by atoms with Gasteiger partial charge in [-0.25, -0.2) is 9.50 Å². The normalized spacial score (nSPS) is 15.5. The van der Waals surface area contributed by atoms with E-state index < -0.39 is 0 Å². The molecule has 2 N–H and O–H groups in total. The standard InChI is InChI=1S/C19H25N5OS/c1-4-13(2)26-14(3)18-21-19-16(20)10-15(12-24(19)22-18)11-17(25)23-8-6-5-7-9-23/h4,10,12H,3,5-9,11,20H2,1-2H3/b13-4-. The number of piperidine rings is 1. The molecule has 1 aliphatic heterocycles. The van der Waals surface area contributed by atoms with Crippen LogP contribution in [-0.2, 0) is 11.2 Å². The topological polar surface area (TPSA) is 76.5 Å². The summed E-state index contributed by atoms with van der Waals surface area (Å²) in [5, 5.41) is 4.49. The second-order valence-electron chi connectivity index (χ2n) is 6.55. The Balaban J connectivity index is 1.80. The maximum Gasteiger partial charge on any atom is 0.227 e. The van der Waals surface area contributed by atoms with E-state index in [0.29, 0.717) is 23.6 Å². The first-order valence-electron chi connectivity index (χ1n) is 8.90. The predicted octanol–water partition coefficient (Wildman–Crippen LogP) is 3.49. The van der Waals surface area contributed by atoms with Crippen LogP contribution in [0.4, 0.5) is 5.69 Å². The van der Waals surface area contributed by atoms with Crippen molar-refractivity contribution in [2.75, 3.05) is 18.8 Å². The molecule has 1 fully saturated rings. The molecule has 138 valence electrons. The Hall–Kier alpha value is -2.28. The van der Waals surface area contributed by atoms with Gasteiger partial charge < -0.3 is 10.6 Å². The van der Waals surface area contributed by atoms with Crippen molar-refractivity contribution in [1.29, 1.82) is 0 Å². The third-order valence-corrected chi connectivity index (χ3v) is 5.51. The summed E-state index contributed by atoms with van der Waals surface area (Å²) < 4.78 is 1.65. The largest absolute Gasteiger partial charge is 0.396 e. The lowest BCUT2D eigenvalue weighted by Crippen LogP contribution is -2.36. The van der Waals surface area contributed by atoms with Crippen LogP contribution in [0.3, 0.4) is 0 Å². The molecule has 0 spiro atoms. The smallest absolute Gasteiger partial charge is 0.227 e. The maximum absolute atomic E-state index is 12.5. The zero-order valence-corrected chi connectivity index (χ0v) is 16.2. The van der Waals surface area contributed by atoms with Gasteiger partial charge >= 0.3 is 0 Å². The number of hydrogen-bond donors (Lipinski definition) is 1. The van der Waals surface area contributed by atoms with Crippen molar-refractivity contribution < 1.29 is 4.79 Å². The highest BCUT2D eigenvalue weighted by Crippen LogP contribution is 2.30. The number of anilines is 1. The van der Waals surface area contributed by atoms with E-state index in [4.69, 9.17) is 5.73 Å². The Morgan fingerprint density at radius 3 is 2.81 bits per heavy atom. The molecule has 2 aromatic rings. The van der Waals surface area contributed by atoms with E-state index in [1.54, 1.807) is 4.52 Å². The first kappa shape index (κ1) is 18.5. The van der Waals surface area contributed by atoms with E-state index in [1.807, 2.05) is 37.1 Å². The summed E-state index contributed by atoms with van der Waals surface area (Å²) in [5.74, 6) is 0.704. The van der Waals surface area contributed by atoms with E-state index in [0.717, 1.165) is 41.3 Å². The van der Waals surface area contributed by atoms with Crippen molar-refractivity contribution in [2.24, 2.45) is 0 Å². The van der Waals surface area contributed by atoms with Gasteiger partial charge in [0.15, 0.2) is 11.5 Å². The second kappa shape index (κ2) is 7.95. The summed E-state index contributed by atoms with van der Waals surface area (Å²) in [4.78, 5) is 20.8. The minimum Gasteiger partial charge on any atom is -0.396 e. The van der Waals surface area contributed by atoms with Gasteiger partial charge in [0, 0.05) is 19.3 Å². The zero-order chi connectivity index (χ0) is 18.7. The van der Waals surface area contributed by atoms with Gasteiger partial charge in [-0.15, -0.1) is 5.10 Å². The quantitative estimate of drug-likeness (QED) is 0.870. The van der Waals surface area contributed by atoms with Crippen LogP contribution in [0.5, 0.6) is 0 Å². The monoisotopic (exact) mass is 371 g/mol. The van der Waals surface area contributed by atoms with E-state index in [1.165, 1.54) is 18.2 Å². The lowest BCUT2D eigenvalue weighted by molar-refractivity contribution is -0.131. The van der Waals surface area contributed by atoms with Gasteiger partial charge in [0.2, 0.25) is 5.91 Å². The minimum absolute atomic E-state index is 0.146. The molecule has 3 heterocycles. The lowest BCUT2D eigenvalue weighted by Gasteiger charge is -2.26. The molecule has 1 amide bonds. The van der Waals surface area contributed by atoms with E-state index >= 15 is 0 Å². The second-order valence-corrected chi connectivity index (χ2v) is 7.89. The van der Waals surface area contributed by atoms with Gasteiger partial charge in [0.25, 0.3) is 0 Å². The average Bonchev–Trinajstić information content (AvgIpc) is 3.07. The number of carbonyl (C=O) groups excluding carboxylic acids is 1. The highest BCUT2D eigenvalue weighted by Gasteiger charge is 2.18. The molecule has 0 aromatic carbocycles. The number of aromatic nitrogens is 3. The number of nitrogen functional groups attached to an aromatic ring is 1. The van der Waals surface area contributed by atoms with Crippen LogP contribution < -0.4 is 5.73 Å². The number of allylic oxidation sites excluding steroid dienone is 2. The van der Waals surface area contributed by atoms with Crippen molar-refractivity contribution in [1.82, 2.24) is 19.5 Å². The summed E-state index contributed by atoms with van der Waals surface area (Å²) in [7, 11) is 0. The molecule has 7 heteroatoms. The fourth-order valence-corrected chi connectivity index (χ4v) is 3.70. The van der Waals surface area contributed by atoms with Crippen molar-refractivity contribution in [2.45, 2.75) is 39.5 Å². The molecule has 0 saturated carbocycles. The molecule has 1 saturated heterocycles. The summed E-state index contributed by atoms with van der Waals surface area (Å²) in [6, 6.07) is 1.82. The van der Waals surface area contributed by atoms with Crippen LogP contribution >= 0.6 is 11.8 Å².